The van der Waals surface area contributed by atoms with Crippen LogP contribution in [0.25, 0.3) is 0 Å². The molecule has 0 bridgehead atoms. The summed E-state index contributed by atoms with van der Waals surface area (Å²) in [5.41, 5.74) is 0.329. The fraction of sp³-hybridized carbons (Fsp3) is 0.545. The first kappa shape index (κ1) is 12.4. The van der Waals surface area contributed by atoms with Crippen molar-refractivity contribution >= 4 is 12.6 Å². The molecule has 5 nitrogen and oxygen atoms in total. The molecule has 0 aliphatic carbocycles. The molecule has 92 valence electrons. The van der Waals surface area contributed by atoms with Crippen molar-refractivity contribution in [2.75, 3.05) is 13.2 Å². The number of ether oxygens (including phenoxy) is 2. The molecule has 1 atom stereocenters. The van der Waals surface area contributed by atoms with Crippen molar-refractivity contribution in [2.24, 2.45) is 0 Å². The lowest BCUT2D eigenvalue weighted by Gasteiger charge is -2.23. The quantitative estimate of drug-likeness (QED) is 0.704. The Labute approximate surface area is 101 Å². The maximum absolute atomic E-state index is 9.16. The Balaban J connectivity index is 1.93. The van der Waals surface area contributed by atoms with E-state index < -0.39 is 7.12 Å². The second kappa shape index (κ2) is 6.00. The van der Waals surface area contributed by atoms with Crippen molar-refractivity contribution in [3.63, 3.8) is 0 Å². The lowest BCUT2D eigenvalue weighted by atomic mass is 9.80. The molecular weight excluding hydrogens is 221 g/mol. The normalized spacial score (nSPS) is 20.0. The van der Waals surface area contributed by atoms with Crippen molar-refractivity contribution < 1.29 is 19.5 Å². The van der Waals surface area contributed by atoms with Crippen molar-refractivity contribution in [1.29, 1.82) is 0 Å². The van der Waals surface area contributed by atoms with Gasteiger partial charge in [-0.1, -0.05) is 0 Å². The predicted molar refractivity (Wildman–Crippen MR) is 63.1 cm³/mol. The number of rotatable bonds is 4. The van der Waals surface area contributed by atoms with Crippen LogP contribution in [-0.4, -0.2) is 41.5 Å². The number of aromatic nitrogens is 1. The second-order valence-electron chi connectivity index (χ2n) is 4.09. The maximum atomic E-state index is 9.16. The number of hydrogen-bond acceptors (Lipinski definition) is 5. The van der Waals surface area contributed by atoms with Crippen molar-refractivity contribution in [2.45, 2.75) is 25.4 Å². The van der Waals surface area contributed by atoms with E-state index in [1.807, 2.05) is 0 Å². The lowest BCUT2D eigenvalue weighted by molar-refractivity contribution is -0.0109. The summed E-state index contributed by atoms with van der Waals surface area (Å²) >= 11 is 0. The average Bonchev–Trinajstić information content (AvgIpc) is 2.38. The molecule has 1 aliphatic heterocycles. The van der Waals surface area contributed by atoms with Crippen LogP contribution < -0.4 is 10.2 Å². The third-order valence-corrected chi connectivity index (χ3v) is 2.79. The van der Waals surface area contributed by atoms with E-state index in [4.69, 9.17) is 19.5 Å². The Kier molecular flexibility index (Phi) is 4.36. The van der Waals surface area contributed by atoms with Crippen molar-refractivity contribution in [1.82, 2.24) is 4.98 Å². The fourth-order valence-electron chi connectivity index (χ4n) is 1.85. The standard InChI is InChI=1S/C11H16BNO4/c14-12(15)10-4-5-13-7-11(10)17-8-9-3-1-2-6-16-9/h4-5,7,9,14-15H,1-3,6,8H2. The van der Waals surface area contributed by atoms with Gasteiger partial charge in [0.2, 0.25) is 0 Å². The van der Waals surface area contributed by atoms with Crippen molar-refractivity contribution in [3.8, 4) is 5.75 Å². The molecule has 1 unspecified atom stereocenters. The van der Waals surface area contributed by atoms with Crippen LogP contribution >= 0.6 is 0 Å². The molecule has 0 spiro atoms. The van der Waals surface area contributed by atoms with Crippen LogP contribution in [0.4, 0.5) is 0 Å². The zero-order valence-electron chi connectivity index (χ0n) is 9.58. The minimum Gasteiger partial charge on any atom is -0.490 e. The highest BCUT2D eigenvalue weighted by Crippen LogP contribution is 2.14. The summed E-state index contributed by atoms with van der Waals surface area (Å²) in [6.45, 7) is 1.20. The Hall–Kier alpha value is -1.11. The van der Waals surface area contributed by atoms with Gasteiger partial charge in [0, 0.05) is 18.3 Å². The zero-order valence-corrected chi connectivity index (χ0v) is 9.58. The van der Waals surface area contributed by atoms with E-state index in [0.717, 1.165) is 25.9 Å². The average molecular weight is 237 g/mol. The molecule has 2 heterocycles. The van der Waals surface area contributed by atoms with Crippen LogP contribution in [0.2, 0.25) is 0 Å². The summed E-state index contributed by atoms with van der Waals surface area (Å²) in [5, 5.41) is 18.3. The third-order valence-electron chi connectivity index (χ3n) is 2.79. The van der Waals surface area contributed by atoms with Gasteiger partial charge >= 0.3 is 7.12 Å². The minimum atomic E-state index is -1.54. The molecule has 1 aromatic heterocycles. The summed E-state index contributed by atoms with van der Waals surface area (Å²) in [4.78, 5) is 3.90. The second-order valence-corrected chi connectivity index (χ2v) is 4.09. The first-order chi connectivity index (χ1) is 8.27. The van der Waals surface area contributed by atoms with Gasteiger partial charge in [-0.25, -0.2) is 0 Å². The van der Waals surface area contributed by atoms with Gasteiger partial charge in [-0.2, -0.15) is 0 Å². The molecule has 1 aliphatic rings. The van der Waals surface area contributed by atoms with Crippen LogP contribution in [0.1, 0.15) is 19.3 Å². The van der Waals surface area contributed by atoms with Gasteiger partial charge in [-0.05, 0) is 25.3 Å². The zero-order chi connectivity index (χ0) is 12.1. The van der Waals surface area contributed by atoms with Crippen LogP contribution in [-0.2, 0) is 4.74 Å². The molecule has 1 fully saturated rings. The SMILES string of the molecule is OB(O)c1ccncc1OCC1CCCCO1. The molecular formula is C11H16BNO4. The molecule has 6 heteroatoms. The maximum Gasteiger partial charge on any atom is 0.492 e. The molecule has 0 saturated carbocycles. The van der Waals surface area contributed by atoms with Crippen LogP contribution in [0.15, 0.2) is 18.5 Å². The van der Waals surface area contributed by atoms with Gasteiger partial charge in [0.15, 0.2) is 0 Å². The highest BCUT2D eigenvalue weighted by molar-refractivity contribution is 6.59. The van der Waals surface area contributed by atoms with E-state index in [0.29, 0.717) is 17.8 Å². The van der Waals surface area contributed by atoms with E-state index in [-0.39, 0.29) is 6.10 Å². The molecule has 2 rings (SSSR count). The molecule has 1 saturated heterocycles. The highest BCUT2D eigenvalue weighted by atomic mass is 16.5. The van der Waals surface area contributed by atoms with Gasteiger partial charge in [-0.3, -0.25) is 4.98 Å². The molecule has 2 N–H and O–H groups in total. The Morgan fingerprint density at radius 2 is 2.35 bits per heavy atom. The first-order valence-corrected chi connectivity index (χ1v) is 5.82. The Morgan fingerprint density at radius 3 is 3.06 bits per heavy atom. The predicted octanol–water partition coefficient (Wildman–Crippen LogP) is -0.291. The van der Waals surface area contributed by atoms with Crippen LogP contribution in [0, 0.1) is 0 Å². The van der Waals surface area contributed by atoms with E-state index in [9.17, 15) is 0 Å². The Morgan fingerprint density at radius 1 is 1.47 bits per heavy atom. The van der Waals surface area contributed by atoms with E-state index in [1.54, 1.807) is 0 Å². The summed E-state index contributed by atoms with van der Waals surface area (Å²) < 4.78 is 11.1. The summed E-state index contributed by atoms with van der Waals surface area (Å²) in [6, 6.07) is 1.53. The van der Waals surface area contributed by atoms with Crippen LogP contribution in [0.5, 0.6) is 5.75 Å². The monoisotopic (exact) mass is 237 g/mol. The fourth-order valence-corrected chi connectivity index (χ4v) is 1.85. The lowest BCUT2D eigenvalue weighted by Crippen LogP contribution is -2.33. The number of hydrogen-bond donors (Lipinski definition) is 2. The van der Waals surface area contributed by atoms with E-state index >= 15 is 0 Å². The summed E-state index contributed by atoms with van der Waals surface area (Å²) in [7, 11) is -1.54. The molecule has 0 amide bonds. The number of nitrogens with zero attached hydrogens (tertiary/aromatic N) is 1. The van der Waals surface area contributed by atoms with Gasteiger partial charge < -0.3 is 19.5 Å². The van der Waals surface area contributed by atoms with Gasteiger partial charge in [-0.15, -0.1) is 0 Å². The van der Waals surface area contributed by atoms with Gasteiger partial charge in [0.1, 0.15) is 12.4 Å². The number of pyridine rings is 1. The Bertz CT molecular complexity index is 355. The van der Waals surface area contributed by atoms with E-state index in [2.05, 4.69) is 4.98 Å². The highest BCUT2D eigenvalue weighted by Gasteiger charge is 2.19. The minimum absolute atomic E-state index is 0.0904. The van der Waals surface area contributed by atoms with Crippen molar-refractivity contribution in [3.05, 3.63) is 18.5 Å². The molecule has 0 aromatic carbocycles. The first-order valence-electron chi connectivity index (χ1n) is 5.82. The topological polar surface area (TPSA) is 71.8 Å². The third kappa shape index (κ3) is 3.42. The molecule has 17 heavy (non-hydrogen) atoms. The van der Waals surface area contributed by atoms with Crippen LogP contribution in [0.3, 0.4) is 0 Å². The summed E-state index contributed by atoms with van der Waals surface area (Å²) in [5.74, 6) is 0.400. The summed E-state index contributed by atoms with van der Waals surface area (Å²) in [6.07, 6.45) is 6.31. The van der Waals surface area contributed by atoms with Gasteiger partial charge in [0.05, 0.1) is 12.3 Å². The smallest absolute Gasteiger partial charge is 0.490 e. The largest absolute Gasteiger partial charge is 0.492 e. The molecule has 1 aromatic rings. The van der Waals surface area contributed by atoms with Gasteiger partial charge in [0.25, 0.3) is 0 Å². The molecule has 0 radical (unpaired) electrons. The van der Waals surface area contributed by atoms with E-state index in [1.165, 1.54) is 18.5 Å².